The fourth-order valence-electron chi connectivity index (χ4n) is 2.45. The van der Waals surface area contributed by atoms with Crippen LogP contribution in [-0.2, 0) is 14.4 Å². The van der Waals surface area contributed by atoms with Crippen molar-refractivity contribution < 1.29 is 19.5 Å². The number of amides is 3. The highest BCUT2D eigenvalue weighted by Crippen LogP contribution is 2.18. The van der Waals surface area contributed by atoms with Gasteiger partial charge in [-0.25, -0.2) is 0 Å². The van der Waals surface area contributed by atoms with E-state index < -0.39 is 17.9 Å². The van der Waals surface area contributed by atoms with E-state index in [2.05, 4.69) is 16.0 Å². The third-order valence-corrected chi connectivity index (χ3v) is 3.90. The topological polar surface area (TPSA) is 111 Å². The minimum absolute atomic E-state index is 0.0977. The van der Waals surface area contributed by atoms with Crippen molar-refractivity contribution in [3.05, 3.63) is 54.1 Å². The number of benzene rings is 2. The minimum Gasteiger partial charge on any atom is -0.387 e. The van der Waals surface area contributed by atoms with E-state index in [1.54, 1.807) is 30.3 Å². The molecule has 0 fully saturated rings. The number of anilines is 3. The quantitative estimate of drug-likeness (QED) is 0.564. The molecule has 2 aromatic rings. The van der Waals surface area contributed by atoms with E-state index in [1.807, 2.05) is 31.1 Å². The first-order chi connectivity index (χ1) is 13.3. The van der Waals surface area contributed by atoms with E-state index >= 15 is 0 Å². The summed E-state index contributed by atoms with van der Waals surface area (Å²) >= 11 is 0. The maximum absolute atomic E-state index is 12.0. The Labute approximate surface area is 163 Å². The number of aliphatic hydroxyl groups is 1. The summed E-state index contributed by atoms with van der Waals surface area (Å²) in [7, 11) is 3.83. The van der Waals surface area contributed by atoms with E-state index in [9.17, 15) is 19.5 Å². The van der Waals surface area contributed by atoms with Gasteiger partial charge < -0.3 is 26.0 Å². The predicted molar refractivity (Wildman–Crippen MR) is 108 cm³/mol. The lowest BCUT2D eigenvalue weighted by molar-refractivity contribution is -0.136. The Hall–Kier alpha value is -3.39. The van der Waals surface area contributed by atoms with Crippen molar-refractivity contribution in [3.63, 3.8) is 0 Å². The maximum Gasteiger partial charge on any atom is 0.313 e. The second kappa shape index (κ2) is 9.52. The van der Waals surface area contributed by atoms with Gasteiger partial charge in [0.2, 0.25) is 5.91 Å². The van der Waals surface area contributed by atoms with Crippen LogP contribution in [0.4, 0.5) is 17.1 Å². The highest BCUT2D eigenvalue weighted by atomic mass is 16.3. The SMILES string of the molecule is CC(=O)Nc1cccc(NC(=O)C(=O)NCC(O)c2ccc(N(C)C)cc2)c1. The van der Waals surface area contributed by atoms with E-state index in [1.165, 1.54) is 13.0 Å². The first-order valence-corrected chi connectivity index (χ1v) is 8.68. The molecule has 0 saturated carbocycles. The van der Waals surface area contributed by atoms with Gasteiger partial charge in [-0.1, -0.05) is 18.2 Å². The van der Waals surface area contributed by atoms with Crippen LogP contribution in [-0.4, -0.2) is 43.5 Å². The summed E-state index contributed by atoms with van der Waals surface area (Å²) in [5.74, 6) is -1.97. The monoisotopic (exact) mass is 384 g/mol. The van der Waals surface area contributed by atoms with E-state index in [0.717, 1.165) is 5.69 Å². The lowest BCUT2D eigenvalue weighted by Crippen LogP contribution is -2.37. The van der Waals surface area contributed by atoms with Crippen molar-refractivity contribution in [1.29, 1.82) is 0 Å². The molecule has 1 atom stereocenters. The molecule has 0 bridgehead atoms. The standard InChI is InChI=1S/C20H24N4O4/c1-13(25)22-15-5-4-6-16(11-15)23-20(28)19(27)21-12-18(26)14-7-9-17(10-8-14)24(2)3/h4-11,18,26H,12H2,1-3H3,(H,21,27)(H,22,25)(H,23,28). The largest absolute Gasteiger partial charge is 0.387 e. The Kier molecular flexibility index (Phi) is 7.11. The second-order valence-electron chi connectivity index (χ2n) is 6.43. The summed E-state index contributed by atoms with van der Waals surface area (Å²) in [6.07, 6.45) is -0.934. The van der Waals surface area contributed by atoms with Gasteiger partial charge in [0.15, 0.2) is 0 Å². The van der Waals surface area contributed by atoms with E-state index in [4.69, 9.17) is 0 Å². The molecule has 0 heterocycles. The van der Waals surface area contributed by atoms with Gasteiger partial charge in [0, 0.05) is 44.6 Å². The molecule has 0 aliphatic heterocycles. The fraction of sp³-hybridized carbons (Fsp3) is 0.250. The van der Waals surface area contributed by atoms with Crippen LogP contribution in [0.5, 0.6) is 0 Å². The average Bonchev–Trinajstić information content (AvgIpc) is 2.65. The Morgan fingerprint density at radius 2 is 1.57 bits per heavy atom. The van der Waals surface area contributed by atoms with Crippen LogP contribution in [0.3, 0.4) is 0 Å². The molecule has 4 N–H and O–H groups in total. The molecule has 0 aliphatic rings. The van der Waals surface area contributed by atoms with Gasteiger partial charge >= 0.3 is 11.8 Å². The zero-order chi connectivity index (χ0) is 20.7. The molecule has 0 radical (unpaired) electrons. The maximum atomic E-state index is 12.0. The van der Waals surface area contributed by atoms with Crippen LogP contribution in [0, 0.1) is 0 Å². The van der Waals surface area contributed by atoms with Crippen molar-refractivity contribution in [2.75, 3.05) is 36.2 Å². The Morgan fingerprint density at radius 3 is 2.14 bits per heavy atom. The molecule has 0 spiro atoms. The van der Waals surface area contributed by atoms with Crippen molar-refractivity contribution in [1.82, 2.24) is 5.32 Å². The first kappa shape index (κ1) is 20.9. The van der Waals surface area contributed by atoms with Crippen LogP contribution >= 0.6 is 0 Å². The molecule has 8 heteroatoms. The summed E-state index contributed by atoms with van der Waals surface area (Å²) in [5, 5.41) is 17.6. The van der Waals surface area contributed by atoms with Gasteiger partial charge in [0.1, 0.15) is 0 Å². The molecule has 3 amide bonds. The summed E-state index contributed by atoms with van der Waals surface area (Å²) in [4.78, 5) is 37.0. The van der Waals surface area contributed by atoms with Gasteiger partial charge in [-0.05, 0) is 35.9 Å². The number of hydrogen-bond donors (Lipinski definition) is 4. The van der Waals surface area contributed by atoms with Crippen molar-refractivity contribution in [2.45, 2.75) is 13.0 Å². The molecule has 0 saturated heterocycles. The molecular formula is C20H24N4O4. The number of carbonyl (C=O) groups excluding carboxylic acids is 3. The zero-order valence-electron chi connectivity index (χ0n) is 16.0. The first-order valence-electron chi connectivity index (χ1n) is 8.68. The summed E-state index contributed by atoms with van der Waals surface area (Å²) < 4.78 is 0. The van der Waals surface area contributed by atoms with E-state index in [0.29, 0.717) is 16.9 Å². The molecular weight excluding hydrogens is 360 g/mol. The van der Waals surface area contributed by atoms with Crippen molar-refractivity contribution >= 4 is 34.8 Å². The lowest BCUT2D eigenvalue weighted by atomic mass is 10.1. The summed E-state index contributed by atoms with van der Waals surface area (Å²) in [5.41, 5.74) is 2.49. The molecule has 0 aromatic heterocycles. The molecule has 8 nitrogen and oxygen atoms in total. The number of hydrogen-bond acceptors (Lipinski definition) is 5. The molecule has 1 unspecified atom stereocenters. The Balaban J connectivity index is 1.88. The highest BCUT2D eigenvalue weighted by molar-refractivity contribution is 6.39. The van der Waals surface area contributed by atoms with Crippen molar-refractivity contribution in [2.24, 2.45) is 0 Å². The normalized spacial score (nSPS) is 11.3. The minimum atomic E-state index is -0.934. The smallest absolute Gasteiger partial charge is 0.313 e. The van der Waals surface area contributed by atoms with Crippen LogP contribution in [0.1, 0.15) is 18.6 Å². The van der Waals surface area contributed by atoms with Crippen molar-refractivity contribution in [3.8, 4) is 0 Å². The molecule has 2 aromatic carbocycles. The third-order valence-electron chi connectivity index (χ3n) is 3.90. The fourth-order valence-corrected chi connectivity index (χ4v) is 2.45. The summed E-state index contributed by atoms with van der Waals surface area (Å²) in [6.45, 7) is 1.28. The second-order valence-corrected chi connectivity index (χ2v) is 6.43. The van der Waals surface area contributed by atoms with Gasteiger partial charge in [0.05, 0.1) is 6.10 Å². The van der Waals surface area contributed by atoms with Crippen LogP contribution in [0.2, 0.25) is 0 Å². The van der Waals surface area contributed by atoms with Crippen LogP contribution in [0.25, 0.3) is 0 Å². The van der Waals surface area contributed by atoms with Gasteiger partial charge in [0.25, 0.3) is 0 Å². The Morgan fingerprint density at radius 1 is 0.964 bits per heavy atom. The molecule has 2 rings (SSSR count). The number of rotatable bonds is 6. The van der Waals surface area contributed by atoms with Gasteiger partial charge in [-0.15, -0.1) is 0 Å². The van der Waals surface area contributed by atoms with E-state index in [-0.39, 0.29) is 12.5 Å². The zero-order valence-corrected chi connectivity index (χ0v) is 16.0. The average molecular weight is 384 g/mol. The molecule has 148 valence electrons. The third kappa shape index (κ3) is 6.10. The highest BCUT2D eigenvalue weighted by Gasteiger charge is 2.16. The number of aliphatic hydroxyl groups excluding tert-OH is 1. The number of nitrogens with one attached hydrogen (secondary N) is 3. The number of nitrogens with zero attached hydrogens (tertiary/aromatic N) is 1. The predicted octanol–water partition coefficient (Wildman–Crippen LogP) is 1.50. The molecule has 28 heavy (non-hydrogen) atoms. The van der Waals surface area contributed by atoms with Gasteiger partial charge in [-0.2, -0.15) is 0 Å². The molecule has 0 aliphatic carbocycles. The number of carbonyl (C=O) groups is 3. The van der Waals surface area contributed by atoms with Crippen LogP contribution in [0.15, 0.2) is 48.5 Å². The van der Waals surface area contributed by atoms with Gasteiger partial charge in [-0.3, -0.25) is 14.4 Å². The Bertz CT molecular complexity index is 850. The summed E-state index contributed by atoms with van der Waals surface area (Å²) in [6, 6.07) is 13.7. The lowest BCUT2D eigenvalue weighted by Gasteiger charge is -2.15. The van der Waals surface area contributed by atoms with Crippen LogP contribution < -0.4 is 20.9 Å².